The molecule has 0 fully saturated rings. The Hall–Kier alpha value is -3.28. The van der Waals surface area contributed by atoms with Gasteiger partial charge in [-0.3, -0.25) is 23.7 Å². The molecular weight excluding hydrogens is 332 g/mol. The van der Waals surface area contributed by atoms with Crippen molar-refractivity contribution in [2.45, 2.75) is 19.8 Å². The molecule has 4 rings (SSSR count). The minimum Gasteiger partial charge on any atom is -0.277 e. The van der Waals surface area contributed by atoms with Gasteiger partial charge in [-0.25, -0.2) is 4.57 Å². The smallest absolute Gasteiger partial charge is 0.266 e. The van der Waals surface area contributed by atoms with Crippen molar-refractivity contribution in [2.24, 2.45) is 7.05 Å². The molecule has 26 heavy (non-hydrogen) atoms. The number of hydrogen-bond donors (Lipinski definition) is 0. The summed E-state index contributed by atoms with van der Waals surface area (Å²) in [7, 11) is 1.38. The van der Waals surface area contributed by atoms with Gasteiger partial charge in [0.2, 0.25) is 0 Å². The number of nitrogens with zero attached hydrogens (tertiary/aromatic N) is 2. The zero-order valence-electron chi connectivity index (χ0n) is 14.4. The first kappa shape index (κ1) is 16.2. The Morgan fingerprint density at radius 2 is 1.19 bits per heavy atom. The third kappa shape index (κ3) is 2.12. The molecule has 6 heteroatoms. The highest BCUT2D eigenvalue weighted by atomic mass is 16.2. The van der Waals surface area contributed by atoms with Crippen LogP contribution in [-0.2, 0) is 13.5 Å². The average Bonchev–Trinajstić information content (AvgIpc) is 3.01. The van der Waals surface area contributed by atoms with Gasteiger partial charge in [0.15, 0.2) is 0 Å². The molecule has 0 radical (unpaired) electrons. The van der Waals surface area contributed by atoms with Gasteiger partial charge >= 0.3 is 0 Å². The van der Waals surface area contributed by atoms with E-state index in [1.807, 2.05) is 12.1 Å². The van der Waals surface area contributed by atoms with Gasteiger partial charge in [0.1, 0.15) is 0 Å². The molecule has 4 aromatic rings. The van der Waals surface area contributed by atoms with E-state index in [0.717, 1.165) is 27.5 Å². The van der Waals surface area contributed by atoms with Gasteiger partial charge in [0.25, 0.3) is 22.2 Å². The summed E-state index contributed by atoms with van der Waals surface area (Å²) in [6, 6.07) is 9.99. The highest BCUT2D eigenvalue weighted by molar-refractivity contribution is 5.98. The lowest BCUT2D eigenvalue weighted by Crippen LogP contribution is -2.23. The van der Waals surface area contributed by atoms with Crippen molar-refractivity contribution in [2.75, 3.05) is 0 Å². The molecule has 0 aliphatic heterocycles. The van der Waals surface area contributed by atoms with Crippen molar-refractivity contribution in [3.8, 4) is 5.69 Å². The number of hydrogen-bond acceptors (Lipinski definition) is 4. The van der Waals surface area contributed by atoms with Crippen LogP contribution in [0.2, 0.25) is 0 Å². The van der Waals surface area contributed by atoms with Crippen LogP contribution in [0.3, 0.4) is 0 Å². The van der Waals surface area contributed by atoms with Crippen LogP contribution in [0, 0.1) is 0 Å². The van der Waals surface area contributed by atoms with E-state index in [1.54, 1.807) is 12.1 Å². The number of aryl methyl sites for hydroxylation is 1. The van der Waals surface area contributed by atoms with Crippen molar-refractivity contribution < 1.29 is 0 Å². The molecule has 0 saturated heterocycles. The van der Waals surface area contributed by atoms with Crippen molar-refractivity contribution in [1.82, 2.24) is 9.13 Å². The molecule has 2 aromatic carbocycles. The normalized spacial score (nSPS) is 11.6. The van der Waals surface area contributed by atoms with Gasteiger partial charge in [0, 0.05) is 7.05 Å². The fraction of sp³-hybridized carbons (Fsp3) is 0.200. The summed E-state index contributed by atoms with van der Waals surface area (Å²) in [6.07, 6.45) is 1.93. The van der Waals surface area contributed by atoms with Gasteiger partial charge < -0.3 is 0 Å². The zero-order chi connectivity index (χ0) is 18.6. The summed E-state index contributed by atoms with van der Waals surface area (Å²) in [6.45, 7) is 2.08. The van der Waals surface area contributed by atoms with Gasteiger partial charge in [0.05, 0.1) is 27.2 Å². The molecule has 0 unspecified atom stereocenters. The summed E-state index contributed by atoms with van der Waals surface area (Å²) < 4.78 is 2.08. The fourth-order valence-electron chi connectivity index (χ4n) is 3.43. The van der Waals surface area contributed by atoms with E-state index in [-0.39, 0.29) is 21.5 Å². The molecule has 0 saturated carbocycles. The molecule has 0 N–H and O–H groups in total. The minimum absolute atomic E-state index is 0.155. The molecule has 0 atom stereocenters. The van der Waals surface area contributed by atoms with E-state index in [1.165, 1.54) is 19.2 Å². The second kappa shape index (κ2) is 5.62. The van der Waals surface area contributed by atoms with E-state index >= 15 is 0 Å². The predicted molar refractivity (Wildman–Crippen MR) is 101 cm³/mol. The maximum absolute atomic E-state index is 12.8. The van der Waals surface area contributed by atoms with E-state index in [2.05, 4.69) is 6.92 Å². The molecule has 130 valence electrons. The Balaban J connectivity index is 2.03. The average molecular weight is 348 g/mol. The molecule has 2 heterocycles. The maximum Gasteiger partial charge on any atom is 0.266 e. The van der Waals surface area contributed by atoms with Crippen molar-refractivity contribution in [3.05, 3.63) is 83.4 Å². The van der Waals surface area contributed by atoms with E-state index in [9.17, 15) is 19.2 Å². The minimum atomic E-state index is -0.481. The topological polar surface area (TPSA) is 78.1 Å². The Morgan fingerprint density at radius 3 is 1.65 bits per heavy atom. The standard InChI is InChI=1S/C20H16N2O4/c1-3-4-11-5-7-12(8-6-11)22-19(25)15-9-13-14(10-16(15)20(22)26)18(24)21(2)17(13)23/h5-10H,3-4H2,1-2H3. The highest BCUT2D eigenvalue weighted by Gasteiger charge is 2.19. The number of fused-ring (bicyclic) bond motifs is 2. The van der Waals surface area contributed by atoms with Crippen LogP contribution in [0.25, 0.3) is 27.2 Å². The Bertz CT molecular complexity index is 1290. The highest BCUT2D eigenvalue weighted by Crippen LogP contribution is 2.16. The molecule has 6 nitrogen and oxygen atoms in total. The Kier molecular flexibility index (Phi) is 3.50. The summed E-state index contributed by atoms with van der Waals surface area (Å²) >= 11 is 0. The third-order valence-electron chi connectivity index (χ3n) is 4.83. The first-order valence-corrected chi connectivity index (χ1v) is 8.42. The maximum atomic E-state index is 12.8. The van der Waals surface area contributed by atoms with Gasteiger partial charge in [-0.15, -0.1) is 0 Å². The van der Waals surface area contributed by atoms with Crippen molar-refractivity contribution in [3.63, 3.8) is 0 Å². The summed E-state index contributed by atoms with van der Waals surface area (Å²) in [5, 5.41) is 0.640. The first-order chi connectivity index (χ1) is 12.4. The lowest BCUT2D eigenvalue weighted by atomic mass is 10.1. The molecular formula is C20H16N2O4. The molecule has 0 aliphatic rings. The lowest BCUT2D eigenvalue weighted by molar-refractivity contribution is 0.856. The van der Waals surface area contributed by atoms with Crippen LogP contribution < -0.4 is 22.2 Å². The lowest BCUT2D eigenvalue weighted by Gasteiger charge is -2.02. The van der Waals surface area contributed by atoms with E-state index in [4.69, 9.17) is 0 Å². The summed E-state index contributed by atoms with van der Waals surface area (Å²) in [5.41, 5.74) is -0.278. The number of aromatic nitrogens is 2. The van der Waals surface area contributed by atoms with Gasteiger partial charge in [-0.2, -0.15) is 0 Å². The number of rotatable bonds is 3. The Morgan fingerprint density at radius 1 is 0.731 bits per heavy atom. The predicted octanol–water partition coefficient (Wildman–Crippen LogP) is 1.39. The van der Waals surface area contributed by atoms with Gasteiger partial charge in [-0.05, 0) is 36.2 Å². The van der Waals surface area contributed by atoms with Crippen LogP contribution in [0.15, 0.2) is 55.6 Å². The summed E-state index contributed by atoms with van der Waals surface area (Å²) in [4.78, 5) is 49.8. The van der Waals surface area contributed by atoms with Crippen molar-refractivity contribution in [1.29, 1.82) is 0 Å². The van der Waals surface area contributed by atoms with Gasteiger partial charge in [-0.1, -0.05) is 25.5 Å². The monoisotopic (exact) mass is 348 g/mol. The van der Waals surface area contributed by atoms with Crippen molar-refractivity contribution >= 4 is 21.5 Å². The van der Waals surface area contributed by atoms with Crippen LogP contribution in [0.5, 0.6) is 0 Å². The molecule has 0 aliphatic carbocycles. The molecule has 0 spiro atoms. The third-order valence-corrected chi connectivity index (χ3v) is 4.83. The van der Waals surface area contributed by atoms with E-state index < -0.39 is 22.2 Å². The van der Waals surface area contributed by atoms with E-state index in [0.29, 0.717) is 5.69 Å². The fourth-order valence-corrected chi connectivity index (χ4v) is 3.43. The van der Waals surface area contributed by atoms with Crippen LogP contribution in [0.4, 0.5) is 0 Å². The quantitative estimate of drug-likeness (QED) is 0.560. The zero-order valence-corrected chi connectivity index (χ0v) is 14.4. The molecule has 2 aromatic heterocycles. The van der Waals surface area contributed by atoms with Crippen LogP contribution in [-0.4, -0.2) is 9.13 Å². The summed E-state index contributed by atoms with van der Waals surface area (Å²) in [5.74, 6) is 0. The second-order valence-electron chi connectivity index (χ2n) is 6.47. The first-order valence-electron chi connectivity index (χ1n) is 8.42. The number of benzene rings is 2. The van der Waals surface area contributed by atoms with Crippen LogP contribution in [0.1, 0.15) is 18.9 Å². The SMILES string of the molecule is CCCc1ccc(-n2c(=O)c3cc4c(=O)n(C)c(=O)c4cc3c2=O)cc1. The Labute approximate surface area is 147 Å². The van der Waals surface area contributed by atoms with Crippen LogP contribution >= 0.6 is 0 Å². The molecule has 0 amide bonds. The largest absolute Gasteiger partial charge is 0.277 e. The second-order valence-corrected chi connectivity index (χ2v) is 6.47. The molecule has 0 bridgehead atoms.